The van der Waals surface area contributed by atoms with Crippen molar-refractivity contribution in [3.05, 3.63) is 0 Å². The van der Waals surface area contributed by atoms with E-state index >= 15 is 0 Å². The summed E-state index contributed by atoms with van der Waals surface area (Å²) in [4.78, 5) is 12.7. The lowest BCUT2D eigenvalue weighted by Gasteiger charge is -2.31. The molecule has 60 valence electrons. The highest BCUT2D eigenvalue weighted by molar-refractivity contribution is 5.83. The maximum atomic E-state index is 10.9. The highest BCUT2D eigenvalue weighted by Gasteiger charge is 2.30. The lowest BCUT2D eigenvalue weighted by molar-refractivity contribution is -0.127. The molecule has 0 radical (unpaired) electrons. The fourth-order valence-electron chi connectivity index (χ4n) is 0.711. The molecule has 1 amide bonds. The van der Waals surface area contributed by atoms with Crippen LogP contribution in [0.15, 0.2) is 0 Å². The molecule has 0 saturated carbocycles. The monoisotopic (exact) mass is 144 g/mol. The van der Waals surface area contributed by atoms with E-state index in [1.54, 1.807) is 0 Å². The van der Waals surface area contributed by atoms with E-state index in [1.807, 2.05) is 32.8 Å². The summed E-state index contributed by atoms with van der Waals surface area (Å²) < 4.78 is 0. The summed E-state index contributed by atoms with van der Waals surface area (Å²) in [5.74, 6) is -0.264. The van der Waals surface area contributed by atoms with Crippen molar-refractivity contribution >= 4 is 5.91 Å². The molecule has 0 aliphatic rings. The van der Waals surface area contributed by atoms with Gasteiger partial charge in [0.15, 0.2) is 0 Å². The number of carbonyl (C=O) groups is 1. The number of rotatable bonds is 3. The van der Waals surface area contributed by atoms with Crippen molar-refractivity contribution in [1.29, 1.82) is 0 Å². The van der Waals surface area contributed by atoms with Gasteiger partial charge in [0, 0.05) is 0 Å². The van der Waals surface area contributed by atoms with Gasteiger partial charge in [-0.1, -0.05) is 6.92 Å². The number of likely N-dealkylation sites (N-methyl/N-ethyl adjacent to an activating group) is 1. The maximum absolute atomic E-state index is 10.9. The minimum atomic E-state index is -0.486. The zero-order chi connectivity index (χ0) is 8.36. The van der Waals surface area contributed by atoms with Gasteiger partial charge in [-0.15, -0.1) is 0 Å². The number of hydrogen-bond donors (Lipinski definition) is 1. The molecule has 0 aromatic carbocycles. The summed E-state index contributed by atoms with van der Waals surface area (Å²) in [6.07, 6.45) is 0.745. The Balaban J connectivity index is 4.38. The van der Waals surface area contributed by atoms with E-state index in [2.05, 4.69) is 0 Å². The molecule has 0 fully saturated rings. The minimum absolute atomic E-state index is 0.264. The maximum Gasteiger partial charge on any atom is 0.237 e. The third kappa shape index (κ3) is 1.48. The van der Waals surface area contributed by atoms with E-state index < -0.39 is 5.54 Å². The van der Waals surface area contributed by atoms with Crippen molar-refractivity contribution in [2.75, 3.05) is 14.1 Å². The van der Waals surface area contributed by atoms with Crippen LogP contribution < -0.4 is 5.73 Å². The number of amides is 1. The number of hydrogen-bond acceptors (Lipinski definition) is 2. The van der Waals surface area contributed by atoms with Gasteiger partial charge in [0.25, 0.3) is 0 Å². The predicted molar refractivity (Wildman–Crippen MR) is 41.6 cm³/mol. The minimum Gasteiger partial charge on any atom is -0.368 e. The van der Waals surface area contributed by atoms with Crippen LogP contribution in [0.3, 0.4) is 0 Å². The topological polar surface area (TPSA) is 46.3 Å². The van der Waals surface area contributed by atoms with Gasteiger partial charge in [0.2, 0.25) is 5.91 Å². The first-order valence-electron chi connectivity index (χ1n) is 3.42. The highest BCUT2D eigenvalue weighted by atomic mass is 16.1. The molecule has 3 nitrogen and oxygen atoms in total. The molecule has 0 aromatic rings. The van der Waals surface area contributed by atoms with E-state index in [-0.39, 0.29) is 5.91 Å². The van der Waals surface area contributed by atoms with Gasteiger partial charge in [-0.05, 0) is 27.4 Å². The van der Waals surface area contributed by atoms with Crippen LogP contribution in [0.4, 0.5) is 0 Å². The van der Waals surface area contributed by atoms with E-state index in [9.17, 15) is 4.79 Å². The third-order valence-electron chi connectivity index (χ3n) is 2.21. The molecule has 0 spiro atoms. The molecule has 3 heteroatoms. The molecule has 0 aliphatic heterocycles. The summed E-state index contributed by atoms with van der Waals surface area (Å²) >= 11 is 0. The van der Waals surface area contributed by atoms with Crippen molar-refractivity contribution in [3.8, 4) is 0 Å². The van der Waals surface area contributed by atoms with Crippen LogP contribution in [0.1, 0.15) is 20.3 Å². The molecule has 2 N–H and O–H groups in total. The summed E-state index contributed by atoms with van der Waals surface area (Å²) in [7, 11) is 3.71. The predicted octanol–water partition coefficient (Wildman–Crippen LogP) is 0.202. The second-order valence-electron chi connectivity index (χ2n) is 2.89. The number of primary amides is 1. The average molecular weight is 144 g/mol. The lowest BCUT2D eigenvalue weighted by atomic mass is 9.97. The number of nitrogens with zero attached hydrogens (tertiary/aromatic N) is 1. The fraction of sp³-hybridized carbons (Fsp3) is 0.857. The van der Waals surface area contributed by atoms with Crippen LogP contribution in [0.5, 0.6) is 0 Å². The first-order valence-corrected chi connectivity index (χ1v) is 3.42. The van der Waals surface area contributed by atoms with Crippen molar-refractivity contribution in [3.63, 3.8) is 0 Å². The van der Waals surface area contributed by atoms with Crippen LogP contribution in [0, 0.1) is 0 Å². The van der Waals surface area contributed by atoms with Crippen LogP contribution >= 0.6 is 0 Å². The SMILES string of the molecule is CCC(C)(C(N)=O)N(C)C. The highest BCUT2D eigenvalue weighted by Crippen LogP contribution is 2.14. The largest absolute Gasteiger partial charge is 0.368 e. The van der Waals surface area contributed by atoms with Gasteiger partial charge in [-0.25, -0.2) is 0 Å². The van der Waals surface area contributed by atoms with Crippen molar-refractivity contribution in [1.82, 2.24) is 4.90 Å². The Morgan fingerprint density at radius 2 is 2.00 bits per heavy atom. The second kappa shape index (κ2) is 3.01. The Morgan fingerprint density at radius 1 is 1.60 bits per heavy atom. The van der Waals surface area contributed by atoms with Gasteiger partial charge in [0.05, 0.1) is 5.54 Å². The third-order valence-corrected chi connectivity index (χ3v) is 2.21. The van der Waals surface area contributed by atoms with Gasteiger partial charge < -0.3 is 5.73 Å². The number of nitrogens with two attached hydrogens (primary N) is 1. The molecule has 0 aliphatic carbocycles. The normalized spacial score (nSPS) is 16.9. The summed E-state index contributed by atoms with van der Waals surface area (Å²) in [6.45, 7) is 3.79. The Labute approximate surface area is 62.2 Å². The van der Waals surface area contributed by atoms with Gasteiger partial charge in [-0.3, -0.25) is 9.69 Å². The quantitative estimate of drug-likeness (QED) is 0.615. The van der Waals surface area contributed by atoms with E-state index in [1.165, 1.54) is 0 Å². The Bertz CT molecular complexity index is 134. The molecule has 0 saturated heterocycles. The molecular formula is C7H16N2O. The molecule has 1 atom stereocenters. The van der Waals surface area contributed by atoms with Crippen LogP contribution in [-0.2, 0) is 4.79 Å². The van der Waals surface area contributed by atoms with Crippen LogP contribution in [0.25, 0.3) is 0 Å². The van der Waals surface area contributed by atoms with Crippen molar-refractivity contribution < 1.29 is 4.79 Å². The lowest BCUT2D eigenvalue weighted by Crippen LogP contribution is -2.51. The van der Waals surface area contributed by atoms with Gasteiger partial charge in [-0.2, -0.15) is 0 Å². The average Bonchev–Trinajstić information content (AvgIpc) is 1.85. The van der Waals surface area contributed by atoms with Gasteiger partial charge >= 0.3 is 0 Å². The molecule has 1 unspecified atom stereocenters. The molecule has 10 heavy (non-hydrogen) atoms. The van der Waals surface area contributed by atoms with Crippen molar-refractivity contribution in [2.24, 2.45) is 5.73 Å². The fourth-order valence-corrected chi connectivity index (χ4v) is 0.711. The van der Waals surface area contributed by atoms with Gasteiger partial charge in [0.1, 0.15) is 0 Å². The Morgan fingerprint density at radius 3 is 2.00 bits per heavy atom. The Kier molecular flexibility index (Phi) is 2.84. The first-order chi connectivity index (χ1) is 4.45. The molecule has 0 aromatic heterocycles. The zero-order valence-corrected chi connectivity index (χ0v) is 7.14. The van der Waals surface area contributed by atoms with E-state index in [0.29, 0.717) is 0 Å². The molecule has 0 bridgehead atoms. The summed E-state index contributed by atoms with van der Waals surface area (Å²) in [5.41, 5.74) is 4.72. The molecular weight excluding hydrogens is 128 g/mol. The molecule has 0 rings (SSSR count). The Hall–Kier alpha value is -0.570. The van der Waals surface area contributed by atoms with E-state index in [4.69, 9.17) is 5.73 Å². The van der Waals surface area contributed by atoms with Crippen LogP contribution in [0.2, 0.25) is 0 Å². The standard InChI is InChI=1S/C7H16N2O/c1-5-7(2,6(8)10)9(3)4/h5H2,1-4H3,(H2,8,10). The number of carbonyl (C=O) groups excluding carboxylic acids is 1. The zero-order valence-electron chi connectivity index (χ0n) is 7.14. The van der Waals surface area contributed by atoms with Crippen LogP contribution in [-0.4, -0.2) is 30.4 Å². The van der Waals surface area contributed by atoms with Crippen molar-refractivity contribution in [2.45, 2.75) is 25.8 Å². The first kappa shape index (κ1) is 9.43. The summed E-state index contributed by atoms with van der Waals surface area (Å²) in [5, 5.41) is 0. The smallest absolute Gasteiger partial charge is 0.237 e. The summed E-state index contributed by atoms with van der Waals surface area (Å²) in [6, 6.07) is 0. The van der Waals surface area contributed by atoms with E-state index in [0.717, 1.165) is 6.42 Å². The molecule has 0 heterocycles. The second-order valence-corrected chi connectivity index (χ2v) is 2.89.